The highest BCUT2D eigenvalue weighted by atomic mass is 32.1. The number of hydrazone groups is 1. The molecule has 22 heavy (non-hydrogen) atoms. The number of aromatic nitrogens is 2. The van der Waals surface area contributed by atoms with Crippen molar-refractivity contribution in [1.82, 2.24) is 9.55 Å². The lowest BCUT2D eigenvalue weighted by Gasteiger charge is -2.12. The molecule has 0 aliphatic rings. The fraction of sp³-hybridized carbons (Fsp3) is 0.176. The third-order valence-corrected chi connectivity index (χ3v) is 4.34. The lowest BCUT2D eigenvalue weighted by molar-refractivity contribution is 0.949. The number of hydrogen-bond acceptors (Lipinski definition) is 4. The molecule has 0 spiro atoms. The van der Waals surface area contributed by atoms with Gasteiger partial charge in [0.1, 0.15) is 0 Å². The largest absolute Gasteiger partial charge is 0.294 e. The number of para-hydroxylation sites is 1. The standard InChI is InChI=1S/C17H18N4S/c1-13-11-15(14(2)21(13)17-18-9-10-22-17)12-19-20(3)16-7-5-4-6-8-16/h4-12H,1-3H3/b19-12-. The van der Waals surface area contributed by atoms with Gasteiger partial charge in [0.15, 0.2) is 5.13 Å². The van der Waals surface area contributed by atoms with Crippen molar-refractivity contribution >= 4 is 23.2 Å². The van der Waals surface area contributed by atoms with Gasteiger partial charge in [-0.3, -0.25) is 9.58 Å². The Morgan fingerprint density at radius 2 is 2.00 bits per heavy atom. The second-order valence-electron chi connectivity index (χ2n) is 5.08. The molecule has 3 aromatic rings. The van der Waals surface area contributed by atoms with Gasteiger partial charge in [0.05, 0.1) is 11.9 Å². The van der Waals surface area contributed by atoms with Crippen molar-refractivity contribution in [2.45, 2.75) is 13.8 Å². The van der Waals surface area contributed by atoms with Crippen molar-refractivity contribution in [2.75, 3.05) is 12.1 Å². The van der Waals surface area contributed by atoms with Crippen LogP contribution in [0.25, 0.3) is 5.13 Å². The maximum absolute atomic E-state index is 4.54. The highest BCUT2D eigenvalue weighted by Crippen LogP contribution is 2.21. The van der Waals surface area contributed by atoms with Crippen molar-refractivity contribution in [2.24, 2.45) is 5.10 Å². The Morgan fingerprint density at radius 3 is 2.68 bits per heavy atom. The predicted octanol–water partition coefficient (Wildman–Crippen LogP) is 4.02. The van der Waals surface area contributed by atoms with Crippen LogP contribution in [0.15, 0.2) is 53.1 Å². The Balaban J connectivity index is 1.87. The average molecular weight is 310 g/mol. The molecule has 0 radical (unpaired) electrons. The lowest BCUT2D eigenvalue weighted by atomic mass is 10.3. The first-order valence-electron chi connectivity index (χ1n) is 7.08. The van der Waals surface area contributed by atoms with Crippen LogP contribution in [0, 0.1) is 13.8 Å². The van der Waals surface area contributed by atoms with Crippen LogP contribution >= 0.6 is 11.3 Å². The van der Waals surface area contributed by atoms with Crippen LogP contribution in [-0.4, -0.2) is 22.8 Å². The topological polar surface area (TPSA) is 33.4 Å². The molecule has 0 fully saturated rings. The van der Waals surface area contributed by atoms with E-state index < -0.39 is 0 Å². The van der Waals surface area contributed by atoms with Crippen molar-refractivity contribution in [3.8, 4) is 5.13 Å². The quantitative estimate of drug-likeness (QED) is 0.538. The summed E-state index contributed by atoms with van der Waals surface area (Å²) in [5.74, 6) is 0. The first kappa shape index (κ1) is 14.5. The van der Waals surface area contributed by atoms with E-state index in [1.165, 1.54) is 0 Å². The van der Waals surface area contributed by atoms with Crippen LogP contribution in [-0.2, 0) is 0 Å². The van der Waals surface area contributed by atoms with E-state index >= 15 is 0 Å². The summed E-state index contributed by atoms with van der Waals surface area (Å²) in [5.41, 5.74) is 4.48. The monoisotopic (exact) mass is 310 g/mol. The normalized spacial score (nSPS) is 11.2. The van der Waals surface area contributed by atoms with E-state index in [1.807, 2.05) is 60.2 Å². The van der Waals surface area contributed by atoms with E-state index in [1.54, 1.807) is 11.3 Å². The smallest absolute Gasteiger partial charge is 0.193 e. The number of rotatable bonds is 4. The molecule has 4 nitrogen and oxygen atoms in total. The van der Waals surface area contributed by atoms with Crippen LogP contribution in [0.4, 0.5) is 5.69 Å². The molecule has 0 amide bonds. The first-order chi connectivity index (χ1) is 10.7. The number of anilines is 1. The fourth-order valence-electron chi connectivity index (χ4n) is 2.40. The molecule has 112 valence electrons. The van der Waals surface area contributed by atoms with Crippen molar-refractivity contribution in [1.29, 1.82) is 0 Å². The van der Waals surface area contributed by atoms with Gasteiger partial charge in [-0.05, 0) is 32.0 Å². The molecule has 3 rings (SSSR count). The summed E-state index contributed by atoms with van der Waals surface area (Å²) < 4.78 is 2.16. The maximum atomic E-state index is 4.54. The molecule has 0 aliphatic heterocycles. The molecule has 0 N–H and O–H groups in total. The van der Waals surface area contributed by atoms with Crippen molar-refractivity contribution < 1.29 is 0 Å². The SMILES string of the molecule is Cc1cc(/C=N\N(C)c2ccccc2)c(C)n1-c1nccs1. The molecule has 0 saturated carbocycles. The summed E-state index contributed by atoms with van der Waals surface area (Å²) in [4.78, 5) is 4.39. The minimum Gasteiger partial charge on any atom is -0.294 e. The summed E-state index contributed by atoms with van der Waals surface area (Å²) in [6.07, 6.45) is 3.73. The number of benzene rings is 1. The predicted molar refractivity (Wildman–Crippen MR) is 93.4 cm³/mol. The minimum absolute atomic E-state index is 0.992. The van der Waals surface area contributed by atoms with Crippen molar-refractivity contribution in [3.05, 3.63) is 64.9 Å². The number of thiazole rings is 1. The second-order valence-corrected chi connectivity index (χ2v) is 5.95. The van der Waals surface area contributed by atoms with Gasteiger partial charge < -0.3 is 0 Å². The summed E-state index contributed by atoms with van der Waals surface area (Å²) in [6, 6.07) is 12.2. The van der Waals surface area contributed by atoms with Gasteiger partial charge in [0.2, 0.25) is 0 Å². The summed E-state index contributed by atoms with van der Waals surface area (Å²) in [5, 5.41) is 9.39. The zero-order chi connectivity index (χ0) is 15.5. The highest BCUT2D eigenvalue weighted by molar-refractivity contribution is 7.12. The van der Waals surface area contributed by atoms with E-state index in [0.29, 0.717) is 0 Å². The van der Waals surface area contributed by atoms with E-state index in [-0.39, 0.29) is 0 Å². The molecule has 0 bridgehead atoms. The van der Waals surface area contributed by atoms with Gasteiger partial charge in [-0.2, -0.15) is 5.10 Å². The summed E-state index contributed by atoms with van der Waals surface area (Å²) in [6.45, 7) is 4.19. The third-order valence-electron chi connectivity index (χ3n) is 3.58. The first-order valence-corrected chi connectivity index (χ1v) is 7.96. The van der Waals surface area contributed by atoms with Gasteiger partial charge >= 0.3 is 0 Å². The molecular formula is C17H18N4S. The Kier molecular flexibility index (Phi) is 4.06. The third kappa shape index (κ3) is 2.80. The number of aryl methyl sites for hydroxylation is 1. The Hall–Kier alpha value is -2.40. The van der Waals surface area contributed by atoms with Crippen LogP contribution < -0.4 is 5.01 Å². The minimum atomic E-state index is 0.992. The molecule has 1 aromatic carbocycles. The van der Waals surface area contributed by atoms with E-state index in [4.69, 9.17) is 0 Å². The van der Waals surface area contributed by atoms with Gasteiger partial charge in [-0.1, -0.05) is 18.2 Å². The maximum Gasteiger partial charge on any atom is 0.193 e. The zero-order valence-electron chi connectivity index (χ0n) is 12.9. The van der Waals surface area contributed by atoms with Gasteiger partial charge in [0, 0.05) is 35.6 Å². The lowest BCUT2D eigenvalue weighted by Crippen LogP contribution is -2.08. The fourth-order valence-corrected chi connectivity index (χ4v) is 3.15. The summed E-state index contributed by atoms with van der Waals surface area (Å²) in [7, 11) is 1.95. The molecular weight excluding hydrogens is 292 g/mol. The van der Waals surface area contributed by atoms with E-state index in [2.05, 4.69) is 34.6 Å². The van der Waals surface area contributed by atoms with E-state index in [9.17, 15) is 0 Å². The Bertz CT molecular complexity index is 773. The van der Waals surface area contributed by atoms with Crippen LogP contribution in [0.3, 0.4) is 0 Å². The van der Waals surface area contributed by atoms with Crippen LogP contribution in [0.2, 0.25) is 0 Å². The van der Waals surface area contributed by atoms with Crippen molar-refractivity contribution in [3.63, 3.8) is 0 Å². The zero-order valence-corrected chi connectivity index (χ0v) is 13.7. The van der Waals surface area contributed by atoms with Crippen LogP contribution in [0.5, 0.6) is 0 Å². The molecule has 0 aliphatic carbocycles. The second kappa shape index (κ2) is 6.15. The molecule has 0 atom stereocenters. The molecule has 2 heterocycles. The molecule has 0 saturated heterocycles. The number of hydrogen-bond donors (Lipinski definition) is 0. The average Bonchev–Trinajstić information content (AvgIpc) is 3.14. The Morgan fingerprint density at radius 1 is 1.23 bits per heavy atom. The van der Waals surface area contributed by atoms with Gasteiger partial charge in [0.25, 0.3) is 0 Å². The molecule has 0 unspecified atom stereocenters. The van der Waals surface area contributed by atoms with E-state index in [0.717, 1.165) is 27.8 Å². The molecule has 2 aromatic heterocycles. The number of nitrogens with zero attached hydrogens (tertiary/aromatic N) is 4. The Labute approximate surface area is 134 Å². The van der Waals surface area contributed by atoms with Gasteiger partial charge in [-0.25, -0.2) is 4.98 Å². The van der Waals surface area contributed by atoms with Crippen LogP contribution in [0.1, 0.15) is 17.0 Å². The van der Waals surface area contributed by atoms with Gasteiger partial charge in [-0.15, -0.1) is 11.3 Å². The molecule has 5 heteroatoms. The highest BCUT2D eigenvalue weighted by Gasteiger charge is 2.11. The summed E-state index contributed by atoms with van der Waals surface area (Å²) >= 11 is 1.64.